The largest absolute Gasteiger partial charge is 0.323 e. The van der Waals surface area contributed by atoms with Crippen LogP contribution in [0.15, 0.2) is 60.7 Å². The van der Waals surface area contributed by atoms with Gasteiger partial charge in [0.1, 0.15) is 0 Å². The van der Waals surface area contributed by atoms with Gasteiger partial charge in [-0.15, -0.1) is 0 Å². The summed E-state index contributed by atoms with van der Waals surface area (Å²) in [6.07, 6.45) is 0.497. The summed E-state index contributed by atoms with van der Waals surface area (Å²) >= 11 is 0. The van der Waals surface area contributed by atoms with E-state index in [1.165, 1.54) is 0 Å². The predicted octanol–water partition coefficient (Wildman–Crippen LogP) is 1.85. The number of nitrogens with one attached hydrogen (secondary N) is 1. The van der Waals surface area contributed by atoms with Crippen LogP contribution in [0, 0.1) is 0 Å². The lowest BCUT2D eigenvalue weighted by molar-refractivity contribution is 0.571. The minimum atomic E-state index is -3.31. The predicted molar refractivity (Wildman–Crippen MR) is 85.3 cm³/mol. The van der Waals surface area contributed by atoms with Gasteiger partial charge in [0.05, 0.1) is 5.75 Å². The molecule has 21 heavy (non-hydrogen) atoms. The monoisotopic (exact) mass is 304 g/mol. The van der Waals surface area contributed by atoms with Gasteiger partial charge in [0.2, 0.25) is 10.0 Å². The van der Waals surface area contributed by atoms with Gasteiger partial charge in [0.25, 0.3) is 0 Å². The lowest BCUT2D eigenvalue weighted by Crippen LogP contribution is -2.34. The number of hydrogen-bond donors (Lipinski definition) is 2. The van der Waals surface area contributed by atoms with Crippen LogP contribution >= 0.6 is 0 Å². The van der Waals surface area contributed by atoms with Gasteiger partial charge in [0.15, 0.2) is 0 Å². The number of benzene rings is 2. The Morgan fingerprint density at radius 1 is 0.952 bits per heavy atom. The molecule has 2 aromatic rings. The quantitative estimate of drug-likeness (QED) is 0.820. The number of rotatable bonds is 7. The van der Waals surface area contributed by atoms with Crippen molar-refractivity contribution < 1.29 is 8.42 Å². The van der Waals surface area contributed by atoms with Crippen molar-refractivity contribution in [3.63, 3.8) is 0 Å². The highest BCUT2D eigenvalue weighted by Gasteiger charge is 2.13. The summed E-state index contributed by atoms with van der Waals surface area (Å²) in [6.45, 7) is 0.209. The molecule has 2 aromatic carbocycles. The fourth-order valence-corrected chi connectivity index (χ4v) is 3.09. The van der Waals surface area contributed by atoms with E-state index in [0.717, 1.165) is 11.1 Å². The van der Waals surface area contributed by atoms with Crippen molar-refractivity contribution in [1.29, 1.82) is 0 Å². The van der Waals surface area contributed by atoms with Crippen molar-refractivity contribution in [3.8, 4) is 0 Å². The van der Waals surface area contributed by atoms with E-state index in [1.807, 2.05) is 60.7 Å². The standard InChI is InChI=1S/C16H20N2O2S/c17-16(15-9-5-2-6-10-15)13-18-21(19,20)12-11-14-7-3-1-4-8-14/h1-10,16,18H,11-13,17H2/t16-/m1/s1. The van der Waals surface area contributed by atoms with E-state index >= 15 is 0 Å². The van der Waals surface area contributed by atoms with E-state index in [1.54, 1.807) is 0 Å². The molecule has 0 fully saturated rings. The molecular formula is C16H20N2O2S. The Hall–Kier alpha value is -1.69. The summed E-state index contributed by atoms with van der Waals surface area (Å²) in [6, 6.07) is 18.7. The van der Waals surface area contributed by atoms with E-state index in [4.69, 9.17) is 5.73 Å². The van der Waals surface area contributed by atoms with Crippen molar-refractivity contribution >= 4 is 10.0 Å². The lowest BCUT2D eigenvalue weighted by Gasteiger charge is -2.13. The Labute approximate surface area is 126 Å². The Balaban J connectivity index is 1.84. The normalized spacial score (nSPS) is 13.0. The molecule has 1 atom stereocenters. The fraction of sp³-hybridized carbons (Fsp3) is 0.250. The first-order valence-electron chi connectivity index (χ1n) is 6.88. The Kier molecular flexibility index (Phi) is 5.50. The molecule has 0 aliphatic rings. The third kappa shape index (κ3) is 5.30. The molecule has 0 saturated heterocycles. The molecule has 0 spiro atoms. The zero-order valence-corrected chi connectivity index (χ0v) is 12.6. The van der Waals surface area contributed by atoms with Gasteiger partial charge in [-0.25, -0.2) is 13.1 Å². The van der Waals surface area contributed by atoms with Gasteiger partial charge >= 0.3 is 0 Å². The smallest absolute Gasteiger partial charge is 0.211 e. The summed E-state index contributed by atoms with van der Waals surface area (Å²) in [4.78, 5) is 0. The molecule has 4 nitrogen and oxygen atoms in total. The van der Waals surface area contributed by atoms with Crippen LogP contribution in [0.4, 0.5) is 0 Å². The van der Waals surface area contributed by atoms with Gasteiger partial charge < -0.3 is 5.73 Å². The van der Waals surface area contributed by atoms with E-state index in [9.17, 15) is 8.42 Å². The molecule has 0 saturated carbocycles. The first-order chi connectivity index (χ1) is 10.1. The second kappa shape index (κ2) is 7.36. The van der Waals surface area contributed by atoms with Crippen LogP contribution in [0.1, 0.15) is 17.2 Å². The molecule has 5 heteroatoms. The summed E-state index contributed by atoms with van der Waals surface area (Å²) < 4.78 is 26.5. The Morgan fingerprint density at radius 3 is 2.14 bits per heavy atom. The third-order valence-electron chi connectivity index (χ3n) is 3.25. The van der Waals surface area contributed by atoms with E-state index in [0.29, 0.717) is 6.42 Å². The minimum Gasteiger partial charge on any atom is -0.323 e. The first kappa shape index (κ1) is 15.7. The highest BCUT2D eigenvalue weighted by molar-refractivity contribution is 7.89. The summed E-state index contributed by atoms with van der Waals surface area (Å²) in [5.74, 6) is 0.0680. The molecular weight excluding hydrogens is 284 g/mol. The van der Waals surface area contributed by atoms with Crippen molar-refractivity contribution in [1.82, 2.24) is 4.72 Å². The molecule has 2 rings (SSSR count). The van der Waals surface area contributed by atoms with Gasteiger partial charge in [-0.3, -0.25) is 0 Å². The molecule has 0 aliphatic carbocycles. The molecule has 0 radical (unpaired) electrons. The van der Waals surface area contributed by atoms with Crippen LogP contribution in [0.3, 0.4) is 0 Å². The highest BCUT2D eigenvalue weighted by atomic mass is 32.2. The van der Waals surface area contributed by atoms with Crippen molar-refractivity contribution in [2.45, 2.75) is 12.5 Å². The van der Waals surface area contributed by atoms with Crippen molar-refractivity contribution in [3.05, 3.63) is 71.8 Å². The van der Waals surface area contributed by atoms with E-state index < -0.39 is 10.0 Å². The number of hydrogen-bond acceptors (Lipinski definition) is 3. The van der Waals surface area contributed by atoms with Gasteiger partial charge in [-0.2, -0.15) is 0 Å². The maximum absolute atomic E-state index is 12.0. The summed E-state index contributed by atoms with van der Waals surface area (Å²) in [5, 5.41) is 0. The summed E-state index contributed by atoms with van der Waals surface area (Å²) in [5.41, 5.74) is 7.91. The lowest BCUT2D eigenvalue weighted by atomic mass is 10.1. The molecule has 0 aromatic heterocycles. The Bertz CT molecular complexity index is 642. The molecule has 3 N–H and O–H groups in total. The minimum absolute atomic E-state index is 0.0680. The second-order valence-electron chi connectivity index (χ2n) is 4.92. The van der Waals surface area contributed by atoms with Gasteiger partial charge in [0, 0.05) is 12.6 Å². The second-order valence-corrected chi connectivity index (χ2v) is 6.85. The molecule has 112 valence electrons. The maximum atomic E-state index is 12.0. The zero-order chi connectivity index (χ0) is 15.1. The van der Waals surface area contributed by atoms with Crippen molar-refractivity contribution in [2.75, 3.05) is 12.3 Å². The maximum Gasteiger partial charge on any atom is 0.211 e. The Morgan fingerprint density at radius 2 is 1.52 bits per heavy atom. The van der Waals surface area contributed by atoms with Crippen molar-refractivity contribution in [2.24, 2.45) is 5.73 Å². The fourth-order valence-electron chi connectivity index (χ4n) is 2.00. The van der Waals surface area contributed by atoms with Crippen LogP contribution in [0.2, 0.25) is 0 Å². The topological polar surface area (TPSA) is 72.2 Å². The zero-order valence-electron chi connectivity index (χ0n) is 11.8. The first-order valence-corrected chi connectivity index (χ1v) is 8.54. The molecule has 0 aliphatic heterocycles. The molecule has 0 amide bonds. The van der Waals surface area contributed by atoms with E-state index in [2.05, 4.69) is 4.72 Å². The van der Waals surface area contributed by atoms with Crippen LogP contribution in [0.25, 0.3) is 0 Å². The SMILES string of the molecule is N[C@H](CNS(=O)(=O)CCc1ccccc1)c1ccccc1. The number of aryl methyl sites for hydroxylation is 1. The van der Waals surface area contributed by atoms with E-state index in [-0.39, 0.29) is 18.3 Å². The van der Waals surface area contributed by atoms with Crippen LogP contribution < -0.4 is 10.5 Å². The molecule has 0 unspecified atom stereocenters. The van der Waals surface area contributed by atoms with Crippen LogP contribution in [0.5, 0.6) is 0 Å². The van der Waals surface area contributed by atoms with Gasteiger partial charge in [-0.05, 0) is 17.5 Å². The average Bonchev–Trinajstić information content (AvgIpc) is 2.53. The highest BCUT2D eigenvalue weighted by Crippen LogP contribution is 2.08. The molecule has 0 bridgehead atoms. The average molecular weight is 304 g/mol. The number of sulfonamides is 1. The van der Waals surface area contributed by atoms with Crippen LogP contribution in [-0.4, -0.2) is 20.7 Å². The summed E-state index contributed by atoms with van der Waals surface area (Å²) in [7, 11) is -3.31. The molecule has 0 heterocycles. The van der Waals surface area contributed by atoms with Crippen LogP contribution in [-0.2, 0) is 16.4 Å². The third-order valence-corrected chi connectivity index (χ3v) is 4.60. The number of nitrogens with two attached hydrogens (primary N) is 1. The van der Waals surface area contributed by atoms with Gasteiger partial charge in [-0.1, -0.05) is 60.7 Å².